The fourth-order valence-electron chi connectivity index (χ4n) is 0.742. The molecule has 0 amide bonds. The number of aliphatic hydroxyl groups excluding tert-OH is 1. The van der Waals surface area contributed by atoms with Crippen molar-refractivity contribution in [3.05, 3.63) is 0 Å². The van der Waals surface area contributed by atoms with Crippen LogP contribution in [0.5, 0.6) is 0 Å². The maximum atomic E-state index is 8.38. The smallest absolute Gasteiger partial charge is 0.0431 e. The molecule has 1 fully saturated rings. The second kappa shape index (κ2) is 3.05. The van der Waals surface area contributed by atoms with Crippen LogP contribution < -0.4 is 0 Å². The van der Waals surface area contributed by atoms with Gasteiger partial charge in [0.1, 0.15) is 0 Å². The van der Waals surface area contributed by atoms with Gasteiger partial charge in [0.2, 0.25) is 0 Å². The van der Waals surface area contributed by atoms with Crippen LogP contribution in [0.1, 0.15) is 12.8 Å². The number of hydrogen-bond acceptors (Lipinski definition) is 2. The summed E-state index contributed by atoms with van der Waals surface area (Å²) in [5.41, 5.74) is 0. The molecule has 0 unspecified atom stereocenters. The third-order valence-corrected chi connectivity index (χ3v) is 1.42. The first-order chi connectivity index (χ1) is 3.93. The van der Waals surface area contributed by atoms with Gasteiger partial charge in [0.25, 0.3) is 0 Å². The molecule has 0 bridgehead atoms. The fraction of sp³-hybridized carbons (Fsp3) is 1.00. The van der Waals surface area contributed by atoms with Crippen molar-refractivity contribution in [3.63, 3.8) is 0 Å². The Bertz CT molecular complexity index is 61.5. The molecule has 0 aromatic heterocycles. The molecular formula is C6H13NO. The third-order valence-electron chi connectivity index (χ3n) is 1.42. The van der Waals surface area contributed by atoms with Crippen LogP contribution in [0.4, 0.5) is 0 Å². The third kappa shape index (κ3) is 2.28. The molecule has 0 aromatic carbocycles. The lowest BCUT2D eigenvalue weighted by Crippen LogP contribution is -1.99. The van der Waals surface area contributed by atoms with Crippen molar-refractivity contribution < 1.29 is 5.11 Å². The van der Waals surface area contributed by atoms with E-state index in [0.717, 1.165) is 12.8 Å². The van der Waals surface area contributed by atoms with Crippen LogP contribution >= 0.6 is 0 Å². The Morgan fingerprint density at radius 1 is 1.25 bits per heavy atom. The molecule has 1 N–H and O–H groups in total. The molecule has 0 aliphatic carbocycles. The van der Waals surface area contributed by atoms with Crippen LogP contribution in [-0.4, -0.2) is 36.2 Å². The Hall–Kier alpha value is -0.0800. The first-order valence-corrected chi connectivity index (χ1v) is 3.26. The Balaban J connectivity index is 1.74. The largest absolute Gasteiger partial charge is 0.396 e. The van der Waals surface area contributed by atoms with Gasteiger partial charge in [-0.2, -0.15) is 0 Å². The number of nitrogens with zero attached hydrogens (tertiary/aromatic N) is 1. The highest BCUT2D eigenvalue weighted by Gasteiger charge is 2.14. The van der Waals surface area contributed by atoms with E-state index in [1.165, 1.54) is 19.6 Å². The highest BCUT2D eigenvalue weighted by Crippen LogP contribution is 2.04. The number of hydrogen-bond donors (Lipinski definition) is 1. The highest BCUT2D eigenvalue weighted by molar-refractivity contribution is 4.71. The maximum absolute atomic E-state index is 8.38. The van der Waals surface area contributed by atoms with Crippen LogP contribution in [0.25, 0.3) is 0 Å². The van der Waals surface area contributed by atoms with E-state index < -0.39 is 0 Å². The maximum Gasteiger partial charge on any atom is 0.0431 e. The van der Waals surface area contributed by atoms with Gasteiger partial charge in [-0.3, -0.25) is 0 Å². The van der Waals surface area contributed by atoms with Crippen molar-refractivity contribution in [2.24, 2.45) is 0 Å². The van der Waals surface area contributed by atoms with Gasteiger partial charge < -0.3 is 10.0 Å². The predicted molar refractivity (Wildman–Crippen MR) is 32.8 cm³/mol. The molecule has 1 aliphatic heterocycles. The van der Waals surface area contributed by atoms with Gasteiger partial charge in [-0.15, -0.1) is 0 Å². The SMILES string of the molecule is OCCCCN1CC1. The van der Waals surface area contributed by atoms with Crippen LogP contribution in [0.2, 0.25) is 0 Å². The van der Waals surface area contributed by atoms with E-state index in [9.17, 15) is 0 Å². The molecule has 1 heterocycles. The zero-order valence-corrected chi connectivity index (χ0v) is 5.14. The van der Waals surface area contributed by atoms with E-state index in [0.29, 0.717) is 6.61 Å². The van der Waals surface area contributed by atoms with E-state index in [1.54, 1.807) is 0 Å². The number of unbranched alkanes of at least 4 members (excludes halogenated alkanes) is 1. The molecule has 2 heteroatoms. The second-order valence-electron chi connectivity index (χ2n) is 2.27. The van der Waals surface area contributed by atoms with Crippen molar-refractivity contribution in [1.29, 1.82) is 0 Å². The minimum absolute atomic E-state index is 0.355. The van der Waals surface area contributed by atoms with Gasteiger partial charge in [-0.05, 0) is 19.4 Å². The molecule has 1 rings (SSSR count). The van der Waals surface area contributed by atoms with Crippen LogP contribution in [-0.2, 0) is 0 Å². The highest BCUT2D eigenvalue weighted by atomic mass is 16.2. The molecule has 0 spiro atoms. The lowest BCUT2D eigenvalue weighted by molar-refractivity contribution is 0.280. The van der Waals surface area contributed by atoms with Gasteiger partial charge in [-0.1, -0.05) is 0 Å². The second-order valence-corrected chi connectivity index (χ2v) is 2.27. The van der Waals surface area contributed by atoms with Crippen LogP contribution in [0, 0.1) is 0 Å². The van der Waals surface area contributed by atoms with E-state index in [1.807, 2.05) is 0 Å². The van der Waals surface area contributed by atoms with Gasteiger partial charge in [-0.25, -0.2) is 0 Å². The van der Waals surface area contributed by atoms with E-state index >= 15 is 0 Å². The molecule has 48 valence electrons. The summed E-state index contributed by atoms with van der Waals surface area (Å²) in [5, 5.41) is 8.38. The standard InChI is InChI=1S/C6H13NO/c8-6-2-1-3-7-4-5-7/h8H,1-6H2. The summed E-state index contributed by atoms with van der Waals surface area (Å²) in [4.78, 5) is 2.37. The van der Waals surface area contributed by atoms with E-state index in [-0.39, 0.29) is 0 Å². The van der Waals surface area contributed by atoms with Crippen molar-refractivity contribution in [3.8, 4) is 0 Å². The minimum atomic E-state index is 0.355. The summed E-state index contributed by atoms with van der Waals surface area (Å²) < 4.78 is 0. The normalized spacial score (nSPS) is 19.1. The molecule has 2 nitrogen and oxygen atoms in total. The number of rotatable bonds is 4. The molecule has 0 aromatic rings. The van der Waals surface area contributed by atoms with Crippen molar-refractivity contribution in [2.45, 2.75) is 12.8 Å². The Morgan fingerprint density at radius 2 is 2.00 bits per heavy atom. The molecule has 1 saturated heterocycles. The average Bonchev–Trinajstić information content (AvgIpc) is 2.51. The van der Waals surface area contributed by atoms with Gasteiger partial charge in [0.15, 0.2) is 0 Å². The summed E-state index contributed by atoms with van der Waals surface area (Å²) in [6.45, 7) is 4.12. The molecule has 0 radical (unpaired) electrons. The lowest BCUT2D eigenvalue weighted by Gasteiger charge is -1.95. The summed E-state index contributed by atoms with van der Waals surface area (Å²) in [5.74, 6) is 0. The van der Waals surface area contributed by atoms with Crippen LogP contribution in [0.15, 0.2) is 0 Å². The Morgan fingerprint density at radius 3 is 2.50 bits per heavy atom. The molecular weight excluding hydrogens is 102 g/mol. The summed E-state index contributed by atoms with van der Waals surface area (Å²) in [6.07, 6.45) is 2.13. The summed E-state index contributed by atoms with van der Waals surface area (Å²) in [6, 6.07) is 0. The first kappa shape index (κ1) is 6.05. The van der Waals surface area contributed by atoms with Gasteiger partial charge >= 0.3 is 0 Å². The monoisotopic (exact) mass is 115 g/mol. The summed E-state index contributed by atoms with van der Waals surface area (Å²) in [7, 11) is 0. The molecule has 0 saturated carbocycles. The quantitative estimate of drug-likeness (QED) is 0.414. The van der Waals surface area contributed by atoms with Crippen molar-refractivity contribution >= 4 is 0 Å². The average molecular weight is 115 g/mol. The zero-order valence-electron chi connectivity index (χ0n) is 5.14. The predicted octanol–water partition coefficient (Wildman–Crippen LogP) is 0.0745. The molecule has 8 heavy (non-hydrogen) atoms. The van der Waals surface area contributed by atoms with Gasteiger partial charge in [0.05, 0.1) is 0 Å². The zero-order chi connectivity index (χ0) is 5.82. The van der Waals surface area contributed by atoms with Crippen LogP contribution in [0.3, 0.4) is 0 Å². The Labute approximate surface area is 50.1 Å². The fourth-order valence-corrected chi connectivity index (χ4v) is 0.742. The number of aliphatic hydroxyl groups is 1. The molecule has 1 aliphatic rings. The topological polar surface area (TPSA) is 23.2 Å². The minimum Gasteiger partial charge on any atom is -0.396 e. The van der Waals surface area contributed by atoms with E-state index in [2.05, 4.69) is 4.90 Å². The van der Waals surface area contributed by atoms with Crippen molar-refractivity contribution in [1.82, 2.24) is 4.90 Å². The lowest BCUT2D eigenvalue weighted by atomic mass is 10.3. The summed E-state index contributed by atoms with van der Waals surface area (Å²) >= 11 is 0. The Kier molecular flexibility index (Phi) is 2.30. The van der Waals surface area contributed by atoms with E-state index in [4.69, 9.17) is 5.11 Å². The molecule has 0 atom stereocenters. The van der Waals surface area contributed by atoms with Gasteiger partial charge in [0, 0.05) is 19.7 Å². The van der Waals surface area contributed by atoms with Crippen molar-refractivity contribution in [2.75, 3.05) is 26.2 Å². The first-order valence-electron chi connectivity index (χ1n) is 3.26.